The molecule has 2 aromatic carbocycles. The molecule has 1 aliphatic heterocycles. The van der Waals surface area contributed by atoms with E-state index in [1.807, 2.05) is 17.0 Å². The van der Waals surface area contributed by atoms with Gasteiger partial charge >= 0.3 is 0 Å². The molecule has 146 valence electrons. The lowest BCUT2D eigenvalue weighted by Gasteiger charge is -2.33. The Kier molecular flexibility index (Phi) is 5.57. The van der Waals surface area contributed by atoms with Gasteiger partial charge in [-0.2, -0.15) is 0 Å². The van der Waals surface area contributed by atoms with Crippen molar-refractivity contribution >= 4 is 49.0 Å². The number of pyridine rings is 1. The van der Waals surface area contributed by atoms with E-state index in [1.165, 1.54) is 6.07 Å². The molecule has 0 bridgehead atoms. The predicted molar refractivity (Wildman–Crippen MR) is 112 cm³/mol. The van der Waals surface area contributed by atoms with Crippen LogP contribution < -0.4 is 4.72 Å². The summed E-state index contributed by atoms with van der Waals surface area (Å²) in [4.78, 5) is 18.8. The number of nitrogens with one attached hydrogen (secondary N) is 1. The maximum absolute atomic E-state index is 12.9. The van der Waals surface area contributed by atoms with Gasteiger partial charge < -0.3 is 8.78 Å². The second-order valence-electron chi connectivity index (χ2n) is 6.84. The molecule has 1 N–H and O–H groups in total. The lowest BCUT2D eigenvalue weighted by Crippen LogP contribution is -2.47. The van der Waals surface area contributed by atoms with Crippen LogP contribution >= 0.6 is 0 Å². The molecular weight excluding hydrogens is 403 g/mol. The summed E-state index contributed by atoms with van der Waals surface area (Å²) in [6, 6.07) is 15.1. The lowest BCUT2D eigenvalue weighted by molar-refractivity contribution is 0.0700. The predicted octanol–water partition coefficient (Wildman–Crippen LogP) is 1.88. The number of piperazine rings is 1. The maximum atomic E-state index is 12.9. The number of fused-ring (bicyclic) bond motifs is 1. The average Bonchev–Trinajstić information content (AvgIpc) is 2.73. The van der Waals surface area contributed by atoms with Gasteiger partial charge in [0, 0.05) is 35.9 Å². The van der Waals surface area contributed by atoms with Crippen molar-refractivity contribution in [3.8, 4) is 0 Å². The summed E-state index contributed by atoms with van der Waals surface area (Å²) < 4.78 is 30.4. The molecule has 3 aromatic rings. The highest BCUT2D eigenvalue weighted by molar-refractivity contribution is 7.93. The highest BCUT2D eigenvalue weighted by Crippen LogP contribution is 2.23. The summed E-state index contributed by atoms with van der Waals surface area (Å²) in [5.74, 6) is -0.0456. The first-order valence-electron chi connectivity index (χ1n) is 9.19. The summed E-state index contributed by atoms with van der Waals surface area (Å²) in [6.45, 7) is 2.97. The molecule has 1 saturated heterocycles. The molecule has 1 amide bonds. The van der Waals surface area contributed by atoms with Gasteiger partial charge in [-0.15, -0.1) is 0 Å². The molecule has 1 fully saturated rings. The second kappa shape index (κ2) is 8.13. The number of carbonyl (C=O) groups excluding carboxylic acids is 1. The molecule has 1 aliphatic rings. The van der Waals surface area contributed by atoms with Crippen LogP contribution in [-0.2, 0) is 10.0 Å². The molecular formula is C20H19AlN4O3S. The molecule has 2 heterocycles. The first-order chi connectivity index (χ1) is 13.9. The van der Waals surface area contributed by atoms with Crippen molar-refractivity contribution in [1.82, 2.24) is 13.8 Å². The summed E-state index contributed by atoms with van der Waals surface area (Å²) in [5, 5.41) is 0.752. The van der Waals surface area contributed by atoms with Crippen LogP contribution in [0, 0.1) is 0 Å². The van der Waals surface area contributed by atoms with Gasteiger partial charge in [-0.3, -0.25) is 14.5 Å². The fraction of sp³-hybridized carbons (Fsp3) is 0.200. The van der Waals surface area contributed by atoms with E-state index in [0.717, 1.165) is 18.5 Å². The Morgan fingerprint density at radius 3 is 2.38 bits per heavy atom. The number of sulfonamides is 1. The lowest BCUT2D eigenvalue weighted by atomic mass is 10.1. The van der Waals surface area contributed by atoms with Gasteiger partial charge in [0.25, 0.3) is 32.4 Å². The molecule has 0 saturated carbocycles. The summed E-state index contributed by atoms with van der Waals surface area (Å²) in [5.41, 5.74) is 1.35. The van der Waals surface area contributed by atoms with Crippen LogP contribution in [0.5, 0.6) is 0 Å². The van der Waals surface area contributed by atoms with E-state index in [4.69, 9.17) is 0 Å². The van der Waals surface area contributed by atoms with Gasteiger partial charge in [0.1, 0.15) is 4.90 Å². The first kappa shape index (κ1) is 19.9. The number of nitrogens with zero attached hydrogens (tertiary/aromatic N) is 3. The number of hydrogen-bond acceptors (Lipinski definition) is 5. The number of benzene rings is 2. The minimum Gasteiger partial charge on any atom is -0.400 e. The van der Waals surface area contributed by atoms with E-state index in [9.17, 15) is 13.2 Å². The zero-order valence-electron chi connectivity index (χ0n) is 15.7. The van der Waals surface area contributed by atoms with Gasteiger partial charge in [0.2, 0.25) is 0 Å². The van der Waals surface area contributed by atoms with Crippen molar-refractivity contribution in [2.45, 2.75) is 4.90 Å². The van der Waals surface area contributed by atoms with Crippen LogP contribution in [0.2, 0.25) is 0 Å². The number of rotatable bonds is 4. The molecule has 29 heavy (non-hydrogen) atoms. The van der Waals surface area contributed by atoms with Crippen molar-refractivity contribution in [2.75, 3.05) is 30.9 Å². The topological polar surface area (TPSA) is 82.6 Å². The summed E-state index contributed by atoms with van der Waals surface area (Å²) >= 11 is 2.65. The molecule has 4 rings (SSSR count). The smallest absolute Gasteiger partial charge is 0.264 e. The maximum Gasteiger partial charge on any atom is 0.264 e. The SMILES string of the molecule is O=C(c1ccc(NS(=O)(=O)c2cccc3cccnc23)cc1)N1CC[N]([Al])CC1. The number of anilines is 1. The molecule has 2 radical (unpaired) electrons. The quantitative estimate of drug-likeness (QED) is 0.650. The first-order valence-corrected chi connectivity index (χ1v) is 11.2. The van der Waals surface area contributed by atoms with Crippen LogP contribution in [0.1, 0.15) is 10.4 Å². The average molecular weight is 422 g/mol. The van der Waals surface area contributed by atoms with Crippen LogP contribution in [0.4, 0.5) is 5.69 Å². The molecule has 0 unspecified atom stereocenters. The fourth-order valence-corrected chi connectivity index (χ4v) is 4.76. The summed E-state index contributed by atoms with van der Waals surface area (Å²) in [7, 11) is -3.82. The Hall–Kier alpha value is -2.44. The minimum atomic E-state index is -3.82. The molecule has 7 nitrogen and oxygen atoms in total. The van der Waals surface area contributed by atoms with Crippen LogP contribution in [0.3, 0.4) is 0 Å². The normalized spacial score (nSPS) is 15.4. The van der Waals surface area contributed by atoms with Gasteiger partial charge in [0.05, 0.1) is 5.52 Å². The Balaban J connectivity index is 1.53. The van der Waals surface area contributed by atoms with Gasteiger partial charge in [-0.1, -0.05) is 18.2 Å². The largest absolute Gasteiger partial charge is 0.400 e. The van der Waals surface area contributed by atoms with Crippen molar-refractivity contribution in [2.24, 2.45) is 0 Å². The van der Waals surface area contributed by atoms with Crippen molar-refractivity contribution in [3.63, 3.8) is 0 Å². The van der Waals surface area contributed by atoms with Gasteiger partial charge in [-0.25, -0.2) is 8.42 Å². The molecule has 0 spiro atoms. The number of amides is 1. The van der Waals surface area contributed by atoms with E-state index in [1.54, 1.807) is 42.6 Å². The van der Waals surface area contributed by atoms with E-state index in [-0.39, 0.29) is 10.8 Å². The Labute approximate surface area is 178 Å². The molecule has 9 heteroatoms. The zero-order chi connectivity index (χ0) is 20.4. The van der Waals surface area contributed by atoms with Gasteiger partial charge in [-0.05, 0) is 49.5 Å². The number of hydrogen-bond donors (Lipinski definition) is 1. The van der Waals surface area contributed by atoms with Crippen molar-refractivity contribution in [1.29, 1.82) is 0 Å². The van der Waals surface area contributed by atoms with Gasteiger partial charge in [0.15, 0.2) is 0 Å². The van der Waals surface area contributed by atoms with Crippen LogP contribution in [-0.4, -0.2) is 70.8 Å². The highest BCUT2D eigenvalue weighted by atomic mass is 32.2. The second-order valence-corrected chi connectivity index (χ2v) is 9.22. The fourth-order valence-electron chi connectivity index (χ4n) is 3.29. The van der Waals surface area contributed by atoms with E-state index in [0.29, 0.717) is 29.9 Å². The third-order valence-electron chi connectivity index (χ3n) is 4.87. The molecule has 0 atom stereocenters. The Morgan fingerprint density at radius 1 is 0.966 bits per heavy atom. The number of para-hydroxylation sites is 1. The van der Waals surface area contributed by atoms with E-state index >= 15 is 0 Å². The Bertz CT molecular complexity index is 1140. The zero-order valence-corrected chi connectivity index (χ0v) is 17.6. The summed E-state index contributed by atoms with van der Waals surface area (Å²) in [6.07, 6.45) is 1.57. The molecule has 0 aliphatic carbocycles. The minimum absolute atomic E-state index is 0.0456. The van der Waals surface area contributed by atoms with E-state index < -0.39 is 10.0 Å². The number of carbonyl (C=O) groups is 1. The van der Waals surface area contributed by atoms with Crippen molar-refractivity contribution in [3.05, 3.63) is 66.4 Å². The van der Waals surface area contributed by atoms with Crippen LogP contribution in [0.25, 0.3) is 10.9 Å². The third-order valence-corrected chi connectivity index (χ3v) is 6.80. The highest BCUT2D eigenvalue weighted by Gasteiger charge is 2.21. The molecule has 1 aromatic heterocycles. The number of aromatic nitrogens is 1. The van der Waals surface area contributed by atoms with Crippen LogP contribution in [0.15, 0.2) is 65.7 Å². The third kappa shape index (κ3) is 4.28. The van der Waals surface area contributed by atoms with Crippen molar-refractivity contribution < 1.29 is 13.2 Å². The standard InChI is InChI=1S/C20H19N4O3S.Al/c25-20(24-13-11-21-12-14-24)16-6-8-17(9-7-16)23-28(26,27)18-5-1-3-15-4-2-10-22-19(15)18;/h1-10,23H,11-14H2;/q-1;+1. The van der Waals surface area contributed by atoms with E-state index in [2.05, 4.69) is 30.1 Å². The monoisotopic (exact) mass is 422 g/mol. The Morgan fingerprint density at radius 2 is 1.66 bits per heavy atom.